The Morgan fingerprint density at radius 2 is 1.68 bits per heavy atom. The molecule has 1 aliphatic carbocycles. The number of hydrogen-bond donors (Lipinski definition) is 2. The van der Waals surface area contributed by atoms with E-state index in [1.807, 2.05) is 43.3 Å². The smallest absolute Gasteiger partial charge is 0.319 e. The van der Waals surface area contributed by atoms with Crippen LogP contribution in [-0.2, 0) is 5.41 Å². The third-order valence-electron chi connectivity index (χ3n) is 4.57. The monoisotopic (exact) mass is 340 g/mol. The van der Waals surface area contributed by atoms with Crippen molar-refractivity contribution in [2.45, 2.75) is 25.2 Å². The maximum Gasteiger partial charge on any atom is 0.319 e. The average Bonchev–Trinajstić information content (AvgIpc) is 3.43. The number of nitrogens with one attached hydrogen (secondary N) is 2. The van der Waals surface area contributed by atoms with E-state index in [2.05, 4.69) is 22.8 Å². The zero-order valence-electron chi connectivity index (χ0n) is 14.7. The summed E-state index contributed by atoms with van der Waals surface area (Å²) in [5, 5.41) is 5.84. The SMILES string of the molecule is CCOc1ccc(NC(=O)NCC2(c3ccc(OC)cc3)CC2)cc1. The molecule has 0 atom stereocenters. The molecule has 0 spiro atoms. The van der Waals surface area contributed by atoms with E-state index in [-0.39, 0.29) is 11.4 Å². The molecule has 3 rings (SSSR count). The largest absolute Gasteiger partial charge is 0.497 e. The standard InChI is InChI=1S/C20H24N2O3/c1-3-25-18-10-6-16(7-11-18)22-19(23)21-14-20(12-13-20)15-4-8-17(24-2)9-5-15/h4-11H,3,12-14H2,1-2H3,(H2,21,22,23). The third-order valence-corrected chi connectivity index (χ3v) is 4.57. The second-order valence-corrected chi connectivity index (χ2v) is 6.27. The van der Waals surface area contributed by atoms with E-state index in [1.54, 1.807) is 7.11 Å². The van der Waals surface area contributed by atoms with Crippen molar-refractivity contribution in [3.05, 3.63) is 54.1 Å². The molecule has 2 aromatic carbocycles. The number of ether oxygens (including phenoxy) is 2. The summed E-state index contributed by atoms with van der Waals surface area (Å²) in [6.45, 7) is 3.19. The van der Waals surface area contributed by atoms with Gasteiger partial charge in [-0.05, 0) is 61.7 Å². The Balaban J connectivity index is 1.53. The number of benzene rings is 2. The number of rotatable bonds is 7. The summed E-state index contributed by atoms with van der Waals surface area (Å²) in [5.74, 6) is 1.64. The first kappa shape index (κ1) is 17.1. The maximum atomic E-state index is 12.2. The highest BCUT2D eigenvalue weighted by molar-refractivity contribution is 5.89. The highest BCUT2D eigenvalue weighted by atomic mass is 16.5. The van der Waals surface area contributed by atoms with Gasteiger partial charge in [0.2, 0.25) is 0 Å². The highest BCUT2D eigenvalue weighted by Crippen LogP contribution is 2.47. The third kappa shape index (κ3) is 4.24. The van der Waals surface area contributed by atoms with Gasteiger partial charge in [-0.25, -0.2) is 4.79 Å². The molecule has 0 aliphatic heterocycles. The van der Waals surface area contributed by atoms with Crippen molar-refractivity contribution in [3.63, 3.8) is 0 Å². The van der Waals surface area contributed by atoms with Crippen molar-refractivity contribution in [1.82, 2.24) is 5.32 Å². The van der Waals surface area contributed by atoms with Gasteiger partial charge in [0, 0.05) is 17.6 Å². The van der Waals surface area contributed by atoms with Gasteiger partial charge >= 0.3 is 6.03 Å². The zero-order chi connectivity index (χ0) is 17.7. The van der Waals surface area contributed by atoms with Crippen LogP contribution in [0.5, 0.6) is 11.5 Å². The predicted octanol–water partition coefficient (Wildman–Crippen LogP) is 3.95. The van der Waals surface area contributed by atoms with E-state index < -0.39 is 0 Å². The van der Waals surface area contributed by atoms with Crippen LogP contribution >= 0.6 is 0 Å². The fraction of sp³-hybridized carbons (Fsp3) is 0.350. The molecule has 2 N–H and O–H groups in total. The molecule has 132 valence electrons. The van der Waals surface area contributed by atoms with Crippen molar-refractivity contribution in [2.24, 2.45) is 0 Å². The molecule has 1 fully saturated rings. The number of hydrogen-bond acceptors (Lipinski definition) is 3. The lowest BCUT2D eigenvalue weighted by Gasteiger charge is -2.17. The van der Waals surface area contributed by atoms with Crippen LogP contribution in [0, 0.1) is 0 Å². The number of methoxy groups -OCH3 is 1. The Hall–Kier alpha value is -2.69. The maximum absolute atomic E-state index is 12.2. The number of carbonyl (C=O) groups is 1. The Morgan fingerprint density at radius 3 is 2.24 bits per heavy atom. The summed E-state index contributed by atoms with van der Waals surface area (Å²) >= 11 is 0. The summed E-state index contributed by atoms with van der Waals surface area (Å²) in [4.78, 5) is 12.2. The molecular formula is C20H24N2O3. The molecule has 2 aromatic rings. The van der Waals surface area contributed by atoms with Crippen LogP contribution in [0.15, 0.2) is 48.5 Å². The minimum atomic E-state index is -0.191. The first-order valence-corrected chi connectivity index (χ1v) is 8.57. The second-order valence-electron chi connectivity index (χ2n) is 6.27. The fourth-order valence-electron chi connectivity index (χ4n) is 2.89. The van der Waals surface area contributed by atoms with E-state index in [1.165, 1.54) is 5.56 Å². The molecule has 5 nitrogen and oxygen atoms in total. The minimum Gasteiger partial charge on any atom is -0.497 e. The second kappa shape index (κ2) is 7.47. The molecule has 1 aliphatic rings. The lowest BCUT2D eigenvalue weighted by atomic mass is 9.96. The van der Waals surface area contributed by atoms with Crippen molar-refractivity contribution in [2.75, 3.05) is 25.6 Å². The van der Waals surface area contributed by atoms with Crippen LogP contribution in [0.25, 0.3) is 0 Å². The van der Waals surface area contributed by atoms with E-state index >= 15 is 0 Å². The van der Waals surface area contributed by atoms with E-state index in [0.29, 0.717) is 13.2 Å². The molecule has 0 bridgehead atoms. The van der Waals surface area contributed by atoms with Gasteiger partial charge in [0.05, 0.1) is 13.7 Å². The van der Waals surface area contributed by atoms with Gasteiger partial charge in [0.15, 0.2) is 0 Å². The Labute approximate surface area is 148 Å². The lowest BCUT2D eigenvalue weighted by molar-refractivity contribution is 0.251. The normalized spacial score (nSPS) is 14.5. The van der Waals surface area contributed by atoms with Crippen LogP contribution in [0.3, 0.4) is 0 Å². The molecule has 0 saturated heterocycles. The van der Waals surface area contributed by atoms with Crippen molar-refractivity contribution >= 4 is 11.7 Å². The predicted molar refractivity (Wildman–Crippen MR) is 98.5 cm³/mol. The topological polar surface area (TPSA) is 59.6 Å². The summed E-state index contributed by atoms with van der Waals surface area (Å²) in [6.07, 6.45) is 2.17. The number of carbonyl (C=O) groups excluding carboxylic acids is 1. The summed E-state index contributed by atoms with van der Waals surface area (Å²) in [5.41, 5.74) is 2.05. The lowest BCUT2D eigenvalue weighted by Crippen LogP contribution is -2.35. The van der Waals surface area contributed by atoms with E-state index in [0.717, 1.165) is 30.0 Å². The van der Waals surface area contributed by atoms with Crippen LogP contribution in [-0.4, -0.2) is 26.3 Å². The molecule has 0 unspecified atom stereocenters. The first-order chi connectivity index (χ1) is 12.1. The van der Waals surface area contributed by atoms with Crippen LogP contribution in [0.2, 0.25) is 0 Å². The Kier molecular flexibility index (Phi) is 5.12. The molecule has 5 heteroatoms. The zero-order valence-corrected chi connectivity index (χ0v) is 14.7. The van der Waals surface area contributed by atoms with Gasteiger partial charge in [0.25, 0.3) is 0 Å². The molecule has 0 aromatic heterocycles. The van der Waals surface area contributed by atoms with Crippen molar-refractivity contribution in [1.29, 1.82) is 0 Å². The quantitative estimate of drug-likeness (QED) is 0.802. The van der Waals surface area contributed by atoms with Crippen molar-refractivity contribution < 1.29 is 14.3 Å². The molecule has 25 heavy (non-hydrogen) atoms. The van der Waals surface area contributed by atoms with Gasteiger partial charge in [-0.15, -0.1) is 0 Å². The average molecular weight is 340 g/mol. The summed E-state index contributed by atoms with van der Waals surface area (Å²) in [7, 11) is 1.66. The highest BCUT2D eigenvalue weighted by Gasteiger charge is 2.44. The first-order valence-electron chi connectivity index (χ1n) is 8.57. The summed E-state index contributed by atoms with van der Waals surface area (Å²) in [6, 6.07) is 15.3. The number of amides is 2. The molecular weight excluding hydrogens is 316 g/mol. The van der Waals surface area contributed by atoms with Crippen molar-refractivity contribution in [3.8, 4) is 11.5 Å². The van der Waals surface area contributed by atoms with Crippen LogP contribution in [0.4, 0.5) is 10.5 Å². The van der Waals surface area contributed by atoms with E-state index in [4.69, 9.17) is 9.47 Å². The van der Waals surface area contributed by atoms with Crippen LogP contribution < -0.4 is 20.1 Å². The number of anilines is 1. The minimum absolute atomic E-state index is 0.0580. The molecule has 1 saturated carbocycles. The molecule has 0 radical (unpaired) electrons. The summed E-state index contributed by atoms with van der Waals surface area (Å²) < 4.78 is 10.6. The van der Waals surface area contributed by atoms with Gasteiger partial charge < -0.3 is 20.1 Å². The number of urea groups is 1. The van der Waals surface area contributed by atoms with Gasteiger partial charge in [0.1, 0.15) is 11.5 Å². The Bertz CT molecular complexity index is 707. The Morgan fingerprint density at radius 1 is 1.04 bits per heavy atom. The van der Waals surface area contributed by atoms with Gasteiger partial charge in [-0.1, -0.05) is 12.1 Å². The van der Waals surface area contributed by atoms with Gasteiger partial charge in [-0.3, -0.25) is 0 Å². The van der Waals surface area contributed by atoms with Gasteiger partial charge in [-0.2, -0.15) is 0 Å². The van der Waals surface area contributed by atoms with Crippen LogP contribution in [0.1, 0.15) is 25.3 Å². The van der Waals surface area contributed by atoms with E-state index in [9.17, 15) is 4.79 Å². The molecule has 0 heterocycles. The molecule has 2 amide bonds. The fourth-order valence-corrected chi connectivity index (χ4v) is 2.89.